The Labute approximate surface area is 139 Å². The van der Waals surface area contributed by atoms with Crippen LogP contribution in [0.15, 0.2) is 18.2 Å². The molecule has 0 bridgehead atoms. The molecule has 126 valence electrons. The van der Waals surface area contributed by atoms with Crippen LogP contribution in [0.2, 0.25) is 0 Å². The van der Waals surface area contributed by atoms with Gasteiger partial charge in [-0.05, 0) is 48.4 Å². The Morgan fingerprint density at radius 1 is 1.17 bits per heavy atom. The summed E-state index contributed by atoms with van der Waals surface area (Å²) in [5.41, 5.74) is 9.28. The molecule has 23 heavy (non-hydrogen) atoms. The summed E-state index contributed by atoms with van der Waals surface area (Å²) < 4.78 is 0. The van der Waals surface area contributed by atoms with Gasteiger partial charge in [0.25, 0.3) is 0 Å². The lowest BCUT2D eigenvalue weighted by molar-refractivity contribution is -0.119. The van der Waals surface area contributed by atoms with Crippen LogP contribution >= 0.6 is 0 Å². The molecule has 0 spiro atoms. The fraction of sp³-hybridized carbons (Fsp3) is 0.632. The first-order valence-electron chi connectivity index (χ1n) is 9.07. The van der Waals surface area contributed by atoms with Gasteiger partial charge in [0.2, 0.25) is 5.91 Å². The van der Waals surface area contributed by atoms with Crippen molar-refractivity contribution in [2.45, 2.75) is 51.5 Å². The molecule has 1 saturated carbocycles. The highest BCUT2D eigenvalue weighted by atomic mass is 16.1. The minimum absolute atomic E-state index is 0.240. The summed E-state index contributed by atoms with van der Waals surface area (Å²) in [6.45, 7) is 3.20. The zero-order valence-corrected chi connectivity index (χ0v) is 14.0. The second kappa shape index (κ2) is 7.82. The maximum absolute atomic E-state index is 11.1. The number of hydrogen-bond donors (Lipinski definition) is 2. The third kappa shape index (κ3) is 4.71. The lowest BCUT2D eigenvalue weighted by atomic mass is 9.98. The van der Waals surface area contributed by atoms with Crippen LogP contribution in [-0.2, 0) is 17.8 Å². The van der Waals surface area contributed by atoms with E-state index >= 15 is 0 Å². The molecule has 0 unspecified atom stereocenters. The minimum Gasteiger partial charge on any atom is -0.385 e. The Morgan fingerprint density at radius 2 is 1.96 bits per heavy atom. The summed E-state index contributed by atoms with van der Waals surface area (Å²) in [6.07, 6.45) is 9.33. The Morgan fingerprint density at radius 3 is 2.70 bits per heavy atom. The molecule has 1 aliphatic heterocycles. The third-order valence-corrected chi connectivity index (χ3v) is 5.25. The van der Waals surface area contributed by atoms with E-state index in [4.69, 9.17) is 5.73 Å². The second-order valence-corrected chi connectivity index (χ2v) is 7.15. The molecule has 1 aromatic carbocycles. The molecule has 1 amide bonds. The maximum Gasteiger partial charge on any atom is 0.231 e. The van der Waals surface area contributed by atoms with Gasteiger partial charge < -0.3 is 11.1 Å². The molecule has 0 aromatic heterocycles. The molecule has 3 rings (SSSR count). The van der Waals surface area contributed by atoms with Gasteiger partial charge in [0.1, 0.15) is 0 Å². The number of benzene rings is 1. The van der Waals surface area contributed by atoms with Crippen molar-refractivity contribution in [3.05, 3.63) is 29.3 Å². The fourth-order valence-electron chi connectivity index (χ4n) is 3.91. The number of nitrogens with zero attached hydrogens (tertiary/aromatic N) is 1. The van der Waals surface area contributed by atoms with E-state index in [2.05, 4.69) is 28.4 Å². The van der Waals surface area contributed by atoms with Gasteiger partial charge in [0.05, 0.1) is 6.54 Å². The zero-order chi connectivity index (χ0) is 16.1. The molecule has 1 aliphatic carbocycles. The summed E-state index contributed by atoms with van der Waals surface area (Å²) >= 11 is 0. The first kappa shape index (κ1) is 16.3. The third-order valence-electron chi connectivity index (χ3n) is 5.25. The van der Waals surface area contributed by atoms with Crippen LogP contribution in [0.1, 0.15) is 49.7 Å². The Balaban J connectivity index is 1.58. The first-order chi connectivity index (χ1) is 11.2. The topological polar surface area (TPSA) is 58.4 Å². The summed E-state index contributed by atoms with van der Waals surface area (Å²) in [5.74, 6) is 0.580. The largest absolute Gasteiger partial charge is 0.385 e. The minimum atomic E-state index is -0.240. The van der Waals surface area contributed by atoms with Gasteiger partial charge in [0, 0.05) is 25.3 Å². The summed E-state index contributed by atoms with van der Waals surface area (Å²) in [5, 5.41) is 3.64. The quantitative estimate of drug-likeness (QED) is 0.821. The van der Waals surface area contributed by atoms with Gasteiger partial charge in [-0.2, -0.15) is 0 Å². The smallest absolute Gasteiger partial charge is 0.231 e. The molecule has 1 fully saturated rings. The summed E-state index contributed by atoms with van der Waals surface area (Å²) in [4.78, 5) is 13.3. The van der Waals surface area contributed by atoms with Crippen LogP contribution in [0.4, 0.5) is 5.69 Å². The van der Waals surface area contributed by atoms with Crippen LogP contribution in [0.3, 0.4) is 0 Å². The molecule has 2 aliphatic rings. The molecule has 0 saturated heterocycles. The number of fused-ring (bicyclic) bond motifs is 1. The zero-order valence-electron chi connectivity index (χ0n) is 14.0. The predicted molar refractivity (Wildman–Crippen MR) is 94.3 cm³/mol. The van der Waals surface area contributed by atoms with Gasteiger partial charge in [0.15, 0.2) is 0 Å². The van der Waals surface area contributed by atoms with Gasteiger partial charge in [-0.1, -0.05) is 31.7 Å². The van der Waals surface area contributed by atoms with Crippen LogP contribution in [-0.4, -0.2) is 30.4 Å². The van der Waals surface area contributed by atoms with Crippen LogP contribution in [0.25, 0.3) is 0 Å². The normalized spacial score (nSPS) is 19.8. The molecule has 4 nitrogen and oxygen atoms in total. The number of nitrogens with two attached hydrogens (primary N) is 1. The molecular formula is C19H29N3O. The number of hydrogen-bond acceptors (Lipinski definition) is 3. The van der Waals surface area contributed by atoms with E-state index in [9.17, 15) is 4.79 Å². The predicted octanol–water partition coefficient (Wildman–Crippen LogP) is 2.91. The number of carbonyl (C=O) groups is 1. The van der Waals surface area contributed by atoms with E-state index in [-0.39, 0.29) is 5.91 Å². The van der Waals surface area contributed by atoms with E-state index < -0.39 is 0 Å². The lowest BCUT2D eigenvalue weighted by Crippen LogP contribution is -2.37. The SMILES string of the molecule is NC(=O)CN1CCc2ccc(NCC3CCCCCC3)cc2C1. The van der Waals surface area contributed by atoms with Gasteiger partial charge in [-0.15, -0.1) is 0 Å². The number of rotatable bonds is 5. The molecular weight excluding hydrogens is 286 g/mol. The molecule has 4 heteroatoms. The summed E-state index contributed by atoms with van der Waals surface area (Å²) in [7, 11) is 0. The van der Waals surface area contributed by atoms with Crippen molar-refractivity contribution in [1.82, 2.24) is 4.90 Å². The Hall–Kier alpha value is -1.55. The Bertz CT molecular complexity index is 535. The van der Waals surface area contributed by atoms with Crippen molar-refractivity contribution < 1.29 is 4.79 Å². The first-order valence-corrected chi connectivity index (χ1v) is 9.07. The molecule has 1 aromatic rings. The van der Waals surface area contributed by atoms with E-state index in [0.717, 1.165) is 32.0 Å². The highest BCUT2D eigenvalue weighted by molar-refractivity contribution is 5.76. The van der Waals surface area contributed by atoms with E-state index in [1.807, 2.05) is 0 Å². The van der Waals surface area contributed by atoms with Crippen molar-refractivity contribution >= 4 is 11.6 Å². The van der Waals surface area contributed by atoms with Crippen molar-refractivity contribution in [2.24, 2.45) is 11.7 Å². The number of nitrogens with one attached hydrogen (secondary N) is 1. The average molecular weight is 315 g/mol. The Kier molecular flexibility index (Phi) is 5.55. The van der Waals surface area contributed by atoms with E-state index in [1.165, 1.54) is 55.3 Å². The van der Waals surface area contributed by atoms with Gasteiger partial charge >= 0.3 is 0 Å². The standard InChI is InChI=1S/C19H29N3O/c20-19(23)14-22-10-9-16-7-8-18(11-17(16)13-22)21-12-15-5-3-1-2-4-6-15/h7-8,11,15,21H,1-6,9-10,12-14H2,(H2,20,23). The second-order valence-electron chi connectivity index (χ2n) is 7.15. The van der Waals surface area contributed by atoms with Crippen molar-refractivity contribution in [1.29, 1.82) is 0 Å². The lowest BCUT2D eigenvalue weighted by Gasteiger charge is -2.28. The number of anilines is 1. The summed E-state index contributed by atoms with van der Waals surface area (Å²) in [6, 6.07) is 6.71. The van der Waals surface area contributed by atoms with Crippen molar-refractivity contribution in [3.8, 4) is 0 Å². The van der Waals surface area contributed by atoms with E-state index in [0.29, 0.717) is 6.54 Å². The average Bonchev–Trinajstić information content (AvgIpc) is 2.80. The molecule has 0 atom stereocenters. The number of primary amides is 1. The van der Waals surface area contributed by atoms with E-state index in [1.54, 1.807) is 0 Å². The van der Waals surface area contributed by atoms with Crippen molar-refractivity contribution in [3.63, 3.8) is 0 Å². The highest BCUT2D eigenvalue weighted by Crippen LogP contribution is 2.25. The maximum atomic E-state index is 11.1. The van der Waals surface area contributed by atoms with Crippen LogP contribution in [0, 0.1) is 5.92 Å². The number of carbonyl (C=O) groups excluding carboxylic acids is 1. The molecule has 1 heterocycles. The van der Waals surface area contributed by atoms with Crippen LogP contribution < -0.4 is 11.1 Å². The van der Waals surface area contributed by atoms with Crippen molar-refractivity contribution in [2.75, 3.05) is 25.0 Å². The monoisotopic (exact) mass is 315 g/mol. The molecule has 0 radical (unpaired) electrons. The highest BCUT2D eigenvalue weighted by Gasteiger charge is 2.18. The van der Waals surface area contributed by atoms with Gasteiger partial charge in [-0.25, -0.2) is 0 Å². The van der Waals surface area contributed by atoms with Gasteiger partial charge in [-0.3, -0.25) is 9.69 Å². The number of amides is 1. The fourth-order valence-corrected chi connectivity index (χ4v) is 3.91. The molecule has 3 N–H and O–H groups in total. The van der Waals surface area contributed by atoms with Crippen LogP contribution in [0.5, 0.6) is 0 Å².